The van der Waals surface area contributed by atoms with Crippen molar-refractivity contribution in [3.63, 3.8) is 0 Å². The highest BCUT2D eigenvalue weighted by Crippen LogP contribution is 1.97. The molecule has 0 spiro atoms. The molecule has 0 aromatic carbocycles. The van der Waals surface area contributed by atoms with Crippen molar-refractivity contribution in [1.29, 1.82) is 0 Å². The van der Waals surface area contributed by atoms with Crippen LogP contribution in [0, 0.1) is 0 Å². The van der Waals surface area contributed by atoms with E-state index in [1.807, 2.05) is 0 Å². The van der Waals surface area contributed by atoms with Crippen LogP contribution >= 0.6 is 0 Å². The van der Waals surface area contributed by atoms with Crippen molar-refractivity contribution in [3.8, 4) is 5.95 Å². The smallest absolute Gasteiger partial charge is 0.351 e. The lowest BCUT2D eigenvalue weighted by Crippen LogP contribution is -2.18. The molecule has 2 N–H and O–H groups in total. The van der Waals surface area contributed by atoms with Crippen molar-refractivity contribution in [2.24, 2.45) is 0 Å². The Bertz CT molecular complexity index is 473. The van der Waals surface area contributed by atoms with Gasteiger partial charge in [-0.25, -0.2) is 9.48 Å². The number of aromatic amines is 1. The summed E-state index contributed by atoms with van der Waals surface area (Å²) in [5.74, 6) is 0.596. The van der Waals surface area contributed by atoms with Crippen molar-refractivity contribution in [2.75, 3.05) is 12.4 Å². The van der Waals surface area contributed by atoms with Crippen LogP contribution in [0.4, 0.5) is 5.95 Å². The van der Waals surface area contributed by atoms with E-state index in [4.69, 9.17) is 0 Å². The second-order valence-corrected chi connectivity index (χ2v) is 2.50. The quantitative estimate of drug-likeness (QED) is 0.662. The largest absolute Gasteiger partial charge is 0.359 e. The second kappa shape index (κ2) is 3.29. The first-order valence-corrected chi connectivity index (χ1v) is 3.96. The maximum atomic E-state index is 11.1. The Balaban J connectivity index is 2.54. The monoisotopic (exact) mass is 192 g/mol. The first kappa shape index (κ1) is 8.42. The summed E-state index contributed by atoms with van der Waals surface area (Å²) in [6, 6.07) is 1.73. The van der Waals surface area contributed by atoms with Gasteiger partial charge in [0.1, 0.15) is 0 Å². The predicted octanol–water partition coefficient (Wildman–Crippen LogP) is -0.608. The molecule has 0 radical (unpaired) electrons. The zero-order chi connectivity index (χ0) is 9.97. The molecule has 0 fully saturated rings. The van der Waals surface area contributed by atoms with Gasteiger partial charge in [0.15, 0.2) is 0 Å². The molecule has 2 aromatic rings. The molecule has 0 atom stereocenters. The third-order valence-electron chi connectivity index (χ3n) is 1.58. The fourth-order valence-electron chi connectivity index (χ4n) is 0.981. The van der Waals surface area contributed by atoms with Crippen LogP contribution in [-0.2, 0) is 0 Å². The SMILES string of the molecule is CNc1nc(-n2cccn2)nc(=O)[nH]1. The number of nitrogens with zero attached hydrogens (tertiary/aromatic N) is 4. The summed E-state index contributed by atoms with van der Waals surface area (Å²) in [4.78, 5) is 21.2. The first-order chi connectivity index (χ1) is 6.79. The molecule has 0 aliphatic carbocycles. The zero-order valence-electron chi connectivity index (χ0n) is 7.43. The summed E-state index contributed by atoms with van der Waals surface area (Å²) in [5.41, 5.74) is -0.463. The molecule has 72 valence electrons. The lowest BCUT2D eigenvalue weighted by atomic mass is 10.7. The Kier molecular flexibility index (Phi) is 1.98. The minimum atomic E-state index is -0.463. The van der Waals surface area contributed by atoms with E-state index >= 15 is 0 Å². The third kappa shape index (κ3) is 1.47. The van der Waals surface area contributed by atoms with Gasteiger partial charge in [0.2, 0.25) is 5.95 Å². The molecule has 2 rings (SSSR count). The van der Waals surface area contributed by atoms with Crippen LogP contribution in [0.5, 0.6) is 0 Å². The van der Waals surface area contributed by atoms with Crippen LogP contribution in [0.25, 0.3) is 5.95 Å². The number of hydrogen-bond donors (Lipinski definition) is 2. The molecular weight excluding hydrogens is 184 g/mol. The molecule has 2 heterocycles. The van der Waals surface area contributed by atoms with E-state index in [0.29, 0.717) is 5.95 Å². The summed E-state index contributed by atoms with van der Waals surface area (Å²) in [6.45, 7) is 0. The van der Waals surface area contributed by atoms with E-state index in [-0.39, 0.29) is 5.95 Å². The fraction of sp³-hybridized carbons (Fsp3) is 0.143. The lowest BCUT2D eigenvalue weighted by Gasteiger charge is -2.00. The van der Waals surface area contributed by atoms with Gasteiger partial charge in [-0.3, -0.25) is 4.98 Å². The van der Waals surface area contributed by atoms with E-state index in [0.717, 1.165) is 0 Å². The topological polar surface area (TPSA) is 88.5 Å². The maximum absolute atomic E-state index is 11.1. The van der Waals surface area contributed by atoms with Crippen LogP contribution in [0.2, 0.25) is 0 Å². The van der Waals surface area contributed by atoms with E-state index in [1.165, 1.54) is 4.68 Å². The molecule has 0 bridgehead atoms. The number of H-pyrrole nitrogens is 1. The highest BCUT2D eigenvalue weighted by Gasteiger charge is 2.02. The minimum Gasteiger partial charge on any atom is -0.359 e. The summed E-state index contributed by atoms with van der Waals surface area (Å²) < 4.78 is 1.41. The number of aromatic nitrogens is 5. The van der Waals surface area contributed by atoms with Gasteiger partial charge in [-0.05, 0) is 6.07 Å². The Morgan fingerprint density at radius 3 is 3.00 bits per heavy atom. The second-order valence-electron chi connectivity index (χ2n) is 2.50. The van der Waals surface area contributed by atoms with Gasteiger partial charge in [-0.2, -0.15) is 15.1 Å². The molecule has 0 amide bonds. The van der Waals surface area contributed by atoms with Crippen molar-refractivity contribution >= 4 is 5.95 Å². The molecule has 7 nitrogen and oxygen atoms in total. The van der Waals surface area contributed by atoms with Crippen molar-refractivity contribution in [2.45, 2.75) is 0 Å². The predicted molar refractivity (Wildman–Crippen MR) is 49.3 cm³/mol. The first-order valence-electron chi connectivity index (χ1n) is 3.96. The number of hydrogen-bond acceptors (Lipinski definition) is 5. The minimum absolute atomic E-state index is 0.239. The Morgan fingerprint density at radius 2 is 2.36 bits per heavy atom. The van der Waals surface area contributed by atoms with Gasteiger partial charge in [0.25, 0.3) is 5.95 Å². The highest BCUT2D eigenvalue weighted by atomic mass is 16.1. The van der Waals surface area contributed by atoms with Crippen molar-refractivity contribution < 1.29 is 0 Å². The number of rotatable bonds is 2. The van der Waals surface area contributed by atoms with Crippen LogP contribution < -0.4 is 11.0 Å². The van der Waals surface area contributed by atoms with Gasteiger partial charge < -0.3 is 5.32 Å². The Hall–Kier alpha value is -2.18. The van der Waals surface area contributed by atoms with Crippen molar-refractivity contribution in [3.05, 3.63) is 28.9 Å². The molecule has 0 aliphatic heterocycles. The van der Waals surface area contributed by atoms with Crippen LogP contribution in [-0.4, -0.2) is 31.8 Å². The molecule has 2 aromatic heterocycles. The standard InChI is InChI=1S/C7H8N6O/c1-8-5-10-6(12-7(14)11-5)13-4-2-3-9-13/h2-4H,1H3,(H2,8,10,11,12,14). The Labute approximate surface area is 78.8 Å². The molecule has 14 heavy (non-hydrogen) atoms. The van der Waals surface area contributed by atoms with Crippen LogP contribution in [0.1, 0.15) is 0 Å². The molecule has 0 saturated carbocycles. The summed E-state index contributed by atoms with van der Waals surface area (Å²) >= 11 is 0. The van der Waals surface area contributed by atoms with E-state index in [1.54, 1.807) is 25.5 Å². The van der Waals surface area contributed by atoms with Gasteiger partial charge in [-0.15, -0.1) is 0 Å². The van der Waals surface area contributed by atoms with Gasteiger partial charge in [0.05, 0.1) is 0 Å². The fourth-order valence-corrected chi connectivity index (χ4v) is 0.981. The lowest BCUT2D eigenvalue weighted by molar-refractivity contribution is 0.785. The van der Waals surface area contributed by atoms with Gasteiger partial charge in [-0.1, -0.05) is 0 Å². The summed E-state index contributed by atoms with van der Waals surface area (Å²) in [7, 11) is 1.66. The van der Waals surface area contributed by atoms with Crippen molar-refractivity contribution in [1.82, 2.24) is 24.7 Å². The van der Waals surface area contributed by atoms with Gasteiger partial charge in [0, 0.05) is 19.4 Å². The molecular formula is C7H8N6O. The average molecular weight is 192 g/mol. The Morgan fingerprint density at radius 1 is 1.50 bits per heavy atom. The van der Waals surface area contributed by atoms with Crippen LogP contribution in [0.15, 0.2) is 23.3 Å². The third-order valence-corrected chi connectivity index (χ3v) is 1.58. The number of anilines is 1. The van der Waals surface area contributed by atoms with E-state index < -0.39 is 5.69 Å². The maximum Gasteiger partial charge on any atom is 0.351 e. The zero-order valence-corrected chi connectivity index (χ0v) is 7.43. The molecule has 0 unspecified atom stereocenters. The van der Waals surface area contributed by atoms with Crippen LogP contribution in [0.3, 0.4) is 0 Å². The summed E-state index contributed by atoms with van der Waals surface area (Å²) in [5, 5.41) is 6.64. The van der Waals surface area contributed by atoms with E-state index in [2.05, 4.69) is 25.4 Å². The van der Waals surface area contributed by atoms with E-state index in [9.17, 15) is 4.79 Å². The molecule has 0 saturated heterocycles. The number of nitrogens with one attached hydrogen (secondary N) is 2. The highest BCUT2D eigenvalue weighted by molar-refractivity contribution is 5.24. The van der Waals surface area contributed by atoms with Gasteiger partial charge >= 0.3 is 5.69 Å². The molecule has 7 heteroatoms. The normalized spacial score (nSPS) is 10.1. The molecule has 0 aliphatic rings. The average Bonchev–Trinajstić information content (AvgIpc) is 2.69. The summed E-state index contributed by atoms with van der Waals surface area (Å²) in [6.07, 6.45) is 3.25.